The highest BCUT2D eigenvalue weighted by Gasteiger charge is 2.48. The predicted molar refractivity (Wildman–Crippen MR) is 154 cm³/mol. The van der Waals surface area contributed by atoms with E-state index in [-0.39, 0.29) is 43.2 Å². The van der Waals surface area contributed by atoms with Gasteiger partial charge in [0.1, 0.15) is 0 Å². The smallest absolute Gasteiger partial charge is 0.311 e. The van der Waals surface area contributed by atoms with Gasteiger partial charge in [0.2, 0.25) is 16.8 Å². The van der Waals surface area contributed by atoms with Gasteiger partial charge in [0.15, 0.2) is 23.1 Å². The molecule has 0 N–H and O–H groups in total. The van der Waals surface area contributed by atoms with Crippen LogP contribution in [-0.2, 0) is 19.6 Å². The highest BCUT2D eigenvalue weighted by Crippen LogP contribution is 2.48. The molecule has 0 aliphatic carbocycles. The van der Waals surface area contributed by atoms with E-state index in [9.17, 15) is 17.6 Å². The van der Waals surface area contributed by atoms with Crippen LogP contribution in [0.5, 0.6) is 17.2 Å². The first-order valence-corrected chi connectivity index (χ1v) is 16.1. The van der Waals surface area contributed by atoms with Gasteiger partial charge in [-0.3, -0.25) is 9.69 Å². The van der Waals surface area contributed by atoms with Crippen molar-refractivity contribution < 1.29 is 36.6 Å². The molecule has 0 unspecified atom stereocenters. The quantitative estimate of drug-likeness (QED) is 0.227. The summed E-state index contributed by atoms with van der Waals surface area (Å²) < 4.78 is 64.4. The number of benzene rings is 2. The van der Waals surface area contributed by atoms with Gasteiger partial charge in [-0.15, -0.1) is 11.6 Å². The van der Waals surface area contributed by atoms with Crippen LogP contribution in [0.2, 0.25) is 0 Å². The fourth-order valence-electron chi connectivity index (χ4n) is 5.68. The van der Waals surface area contributed by atoms with Gasteiger partial charge in [-0.05, 0) is 55.2 Å². The van der Waals surface area contributed by atoms with Crippen LogP contribution in [0.15, 0.2) is 36.4 Å². The summed E-state index contributed by atoms with van der Waals surface area (Å²) in [6, 6.07) is 9.68. The first-order chi connectivity index (χ1) is 19.7. The highest BCUT2D eigenvalue weighted by atomic mass is 35.5. The molecule has 0 aromatic heterocycles. The van der Waals surface area contributed by atoms with Gasteiger partial charge < -0.3 is 18.9 Å². The van der Waals surface area contributed by atoms with E-state index in [4.69, 9.17) is 30.5 Å². The van der Waals surface area contributed by atoms with Gasteiger partial charge in [0.05, 0.1) is 25.4 Å². The third kappa shape index (κ3) is 7.07. The Hall–Kier alpha value is -2.60. The maximum absolute atomic E-state index is 15.0. The average molecular weight is 613 g/mol. The summed E-state index contributed by atoms with van der Waals surface area (Å²) in [7, 11) is -2.13. The summed E-state index contributed by atoms with van der Waals surface area (Å²) in [6.45, 7) is 5.32. The van der Waals surface area contributed by atoms with Crippen LogP contribution in [0.4, 0.5) is 4.39 Å². The molecule has 12 heteroatoms. The SMILES string of the molecule is CCCN(CCN1C[C@H](c2ccc3c(c2)OCO3)[C@@H](C(=O)OCC)[C@@H]1c1ccc(OC)c(F)c1)S(=O)(=O)CCCCl. The molecule has 0 bridgehead atoms. The number of alkyl halides is 1. The first kappa shape index (κ1) is 31.3. The molecule has 1 fully saturated rings. The number of rotatable bonds is 14. The Morgan fingerprint density at radius 1 is 1.12 bits per heavy atom. The topological polar surface area (TPSA) is 94.6 Å². The van der Waals surface area contributed by atoms with Crippen LogP contribution in [0.25, 0.3) is 0 Å². The van der Waals surface area contributed by atoms with Gasteiger partial charge in [-0.2, -0.15) is 0 Å². The van der Waals surface area contributed by atoms with Crippen LogP contribution in [0, 0.1) is 11.7 Å². The number of halogens is 2. The second-order valence-electron chi connectivity index (χ2n) is 10.1. The van der Waals surface area contributed by atoms with Gasteiger partial charge in [0, 0.05) is 44.0 Å². The van der Waals surface area contributed by atoms with Crippen molar-refractivity contribution in [2.24, 2.45) is 5.92 Å². The Balaban J connectivity index is 1.73. The standard InChI is InChI=1S/C29H38ClFN2O7S/c1-4-12-33(41(35,36)15-6-11-30)14-13-32-18-22(20-7-10-25-26(17-20)40-19-39-25)27(29(34)38-5-2)28(32)21-8-9-24(37-3)23(31)16-21/h7-10,16-17,22,27-28H,4-6,11-15,18-19H2,1-3H3/t22-,27-,28+/m1/s1. The summed E-state index contributed by atoms with van der Waals surface area (Å²) in [5, 5.41) is 0. The van der Waals surface area contributed by atoms with Crippen LogP contribution < -0.4 is 14.2 Å². The van der Waals surface area contributed by atoms with Crippen molar-refractivity contribution in [2.45, 2.75) is 38.6 Å². The van der Waals surface area contributed by atoms with E-state index in [2.05, 4.69) is 4.90 Å². The molecule has 2 aliphatic heterocycles. The lowest BCUT2D eigenvalue weighted by Crippen LogP contribution is -2.41. The van der Waals surface area contributed by atoms with Gasteiger partial charge in [0.25, 0.3) is 0 Å². The molecule has 1 saturated heterocycles. The Kier molecular flexibility index (Phi) is 10.7. The van der Waals surface area contributed by atoms with Crippen LogP contribution in [-0.4, -0.2) is 81.9 Å². The van der Waals surface area contributed by atoms with Crippen molar-refractivity contribution >= 4 is 27.6 Å². The molecule has 9 nitrogen and oxygen atoms in total. The zero-order valence-corrected chi connectivity index (χ0v) is 25.3. The van der Waals surface area contributed by atoms with Crippen molar-refractivity contribution in [2.75, 3.05) is 58.3 Å². The number of ether oxygens (including phenoxy) is 4. The largest absolute Gasteiger partial charge is 0.494 e. The second kappa shape index (κ2) is 14.0. The van der Waals surface area contributed by atoms with Crippen molar-refractivity contribution in [3.8, 4) is 17.2 Å². The molecular weight excluding hydrogens is 575 g/mol. The molecule has 226 valence electrons. The van der Waals surface area contributed by atoms with E-state index in [0.29, 0.717) is 49.5 Å². The fourth-order valence-corrected chi connectivity index (χ4v) is 7.56. The van der Waals surface area contributed by atoms with Gasteiger partial charge >= 0.3 is 5.97 Å². The molecule has 2 aliphatic rings. The molecule has 2 aromatic carbocycles. The van der Waals surface area contributed by atoms with Crippen molar-refractivity contribution in [3.05, 3.63) is 53.3 Å². The summed E-state index contributed by atoms with van der Waals surface area (Å²) >= 11 is 5.78. The number of fused-ring (bicyclic) bond motifs is 1. The summed E-state index contributed by atoms with van der Waals surface area (Å²) in [4.78, 5) is 15.6. The maximum atomic E-state index is 15.0. The predicted octanol–water partition coefficient (Wildman–Crippen LogP) is 4.55. The molecule has 0 amide bonds. The number of esters is 1. The molecule has 41 heavy (non-hydrogen) atoms. The number of hydrogen-bond donors (Lipinski definition) is 0. The number of hydrogen-bond acceptors (Lipinski definition) is 8. The minimum atomic E-state index is -3.52. The zero-order valence-electron chi connectivity index (χ0n) is 23.7. The van der Waals surface area contributed by atoms with Crippen LogP contribution in [0.3, 0.4) is 0 Å². The molecule has 0 radical (unpaired) electrons. The Morgan fingerprint density at radius 3 is 2.56 bits per heavy atom. The molecular formula is C29H38ClFN2O7S. The average Bonchev–Trinajstić information content (AvgIpc) is 3.58. The molecule has 4 rings (SSSR count). The number of nitrogens with zero attached hydrogens (tertiary/aromatic N) is 2. The molecule has 0 saturated carbocycles. The Labute approximate surface area is 246 Å². The van der Waals surface area contributed by atoms with E-state index in [1.54, 1.807) is 19.1 Å². The van der Waals surface area contributed by atoms with E-state index >= 15 is 0 Å². The lowest BCUT2D eigenvalue weighted by Gasteiger charge is -2.30. The van der Waals surface area contributed by atoms with E-state index in [1.807, 2.05) is 25.1 Å². The minimum Gasteiger partial charge on any atom is -0.494 e. The number of sulfonamides is 1. The lowest BCUT2D eigenvalue weighted by molar-refractivity contribution is -0.149. The normalized spacial score (nSPS) is 20.5. The number of carbonyl (C=O) groups excluding carboxylic acids is 1. The fraction of sp³-hybridized carbons (Fsp3) is 0.552. The monoisotopic (exact) mass is 612 g/mol. The van der Waals surface area contributed by atoms with Gasteiger partial charge in [-0.25, -0.2) is 17.1 Å². The Morgan fingerprint density at radius 2 is 1.88 bits per heavy atom. The van der Waals surface area contributed by atoms with Gasteiger partial charge in [-0.1, -0.05) is 19.1 Å². The van der Waals surface area contributed by atoms with Crippen LogP contribution in [0.1, 0.15) is 49.8 Å². The van der Waals surface area contributed by atoms with Crippen molar-refractivity contribution in [1.82, 2.24) is 9.21 Å². The number of carbonyl (C=O) groups is 1. The first-order valence-electron chi connectivity index (χ1n) is 13.9. The van der Waals surface area contributed by atoms with E-state index in [0.717, 1.165) is 5.56 Å². The van der Waals surface area contributed by atoms with Crippen molar-refractivity contribution in [3.63, 3.8) is 0 Å². The summed E-state index contributed by atoms with van der Waals surface area (Å²) in [5.41, 5.74) is 1.44. The third-order valence-electron chi connectivity index (χ3n) is 7.54. The summed E-state index contributed by atoms with van der Waals surface area (Å²) in [5.74, 6) is -0.421. The third-order valence-corrected chi connectivity index (χ3v) is 9.76. The molecule has 0 spiro atoms. The van der Waals surface area contributed by atoms with Crippen molar-refractivity contribution in [1.29, 1.82) is 0 Å². The summed E-state index contributed by atoms with van der Waals surface area (Å²) in [6.07, 6.45) is 1.01. The highest BCUT2D eigenvalue weighted by molar-refractivity contribution is 7.89. The maximum Gasteiger partial charge on any atom is 0.311 e. The molecule has 2 aromatic rings. The van der Waals surface area contributed by atoms with E-state index < -0.39 is 33.8 Å². The second-order valence-corrected chi connectivity index (χ2v) is 12.6. The number of likely N-dealkylation sites (tertiary alicyclic amines) is 1. The van der Waals surface area contributed by atoms with Crippen LogP contribution >= 0.6 is 11.6 Å². The lowest BCUT2D eigenvalue weighted by atomic mass is 9.82. The number of methoxy groups -OCH3 is 1. The zero-order chi connectivity index (χ0) is 29.6. The molecule has 2 heterocycles. The minimum absolute atomic E-state index is 0.0328. The van der Waals surface area contributed by atoms with E-state index in [1.165, 1.54) is 17.5 Å². The Bertz CT molecular complexity index is 1310. The molecule has 3 atom stereocenters.